The molecule has 0 fully saturated rings. The SMILES string of the molecule is CC(=O)NC(=Cc1ccccc1)C(=O)NC(=Cc1ccccc1Cl)C(=O)O. The van der Waals surface area contributed by atoms with Gasteiger partial charge >= 0.3 is 5.97 Å². The zero-order chi connectivity index (χ0) is 19.8. The first-order valence-corrected chi connectivity index (χ1v) is 8.30. The Bertz CT molecular complexity index is 921. The summed E-state index contributed by atoms with van der Waals surface area (Å²) in [5.41, 5.74) is 0.644. The van der Waals surface area contributed by atoms with Crippen molar-refractivity contribution in [3.8, 4) is 0 Å². The fourth-order valence-electron chi connectivity index (χ4n) is 2.15. The van der Waals surface area contributed by atoms with Crippen LogP contribution in [-0.4, -0.2) is 22.9 Å². The van der Waals surface area contributed by atoms with Crippen LogP contribution in [-0.2, 0) is 14.4 Å². The first-order valence-electron chi connectivity index (χ1n) is 7.92. The van der Waals surface area contributed by atoms with E-state index in [0.717, 1.165) is 0 Å². The molecule has 0 aromatic heterocycles. The summed E-state index contributed by atoms with van der Waals surface area (Å²) in [6, 6.07) is 15.5. The third-order valence-electron chi connectivity index (χ3n) is 3.35. The van der Waals surface area contributed by atoms with Crippen molar-refractivity contribution in [1.82, 2.24) is 10.6 Å². The van der Waals surface area contributed by atoms with E-state index < -0.39 is 17.8 Å². The van der Waals surface area contributed by atoms with E-state index in [1.165, 1.54) is 19.1 Å². The van der Waals surface area contributed by atoms with Crippen LogP contribution in [0.15, 0.2) is 66.0 Å². The van der Waals surface area contributed by atoms with Gasteiger partial charge in [0.2, 0.25) is 5.91 Å². The van der Waals surface area contributed by atoms with Crippen molar-refractivity contribution >= 4 is 41.5 Å². The van der Waals surface area contributed by atoms with Gasteiger partial charge in [0.15, 0.2) is 0 Å². The fourth-order valence-corrected chi connectivity index (χ4v) is 2.34. The first kappa shape index (κ1) is 19.9. The Hall–Kier alpha value is -3.38. The molecular formula is C20H17ClN2O4. The normalized spacial score (nSPS) is 11.6. The Labute approximate surface area is 161 Å². The van der Waals surface area contributed by atoms with Gasteiger partial charge in [-0.15, -0.1) is 0 Å². The van der Waals surface area contributed by atoms with Crippen LogP contribution in [0.5, 0.6) is 0 Å². The van der Waals surface area contributed by atoms with Gasteiger partial charge in [0, 0.05) is 11.9 Å². The molecule has 2 rings (SSSR count). The molecule has 0 aliphatic heterocycles. The summed E-state index contributed by atoms with van der Waals surface area (Å²) in [5.74, 6) is -2.57. The molecule has 0 saturated heterocycles. The van der Waals surface area contributed by atoms with E-state index >= 15 is 0 Å². The van der Waals surface area contributed by atoms with Crippen LogP contribution in [0.1, 0.15) is 18.1 Å². The van der Waals surface area contributed by atoms with Crippen LogP contribution in [0.4, 0.5) is 0 Å². The highest BCUT2D eigenvalue weighted by Crippen LogP contribution is 2.18. The van der Waals surface area contributed by atoms with Gasteiger partial charge in [0.1, 0.15) is 11.4 Å². The third kappa shape index (κ3) is 6.13. The summed E-state index contributed by atoms with van der Waals surface area (Å²) >= 11 is 6.03. The lowest BCUT2D eigenvalue weighted by atomic mass is 10.1. The molecule has 27 heavy (non-hydrogen) atoms. The fraction of sp³-hybridized carbons (Fsp3) is 0.0500. The van der Waals surface area contributed by atoms with Crippen LogP contribution in [0.3, 0.4) is 0 Å². The Morgan fingerprint density at radius 1 is 0.889 bits per heavy atom. The van der Waals surface area contributed by atoms with E-state index in [2.05, 4.69) is 10.6 Å². The lowest BCUT2D eigenvalue weighted by molar-refractivity contribution is -0.134. The number of hydrogen-bond acceptors (Lipinski definition) is 3. The minimum Gasteiger partial charge on any atom is -0.477 e. The monoisotopic (exact) mass is 384 g/mol. The number of carboxylic acids is 1. The Balaban J connectivity index is 2.33. The van der Waals surface area contributed by atoms with E-state index in [0.29, 0.717) is 16.1 Å². The summed E-state index contributed by atoms with van der Waals surface area (Å²) in [7, 11) is 0. The highest BCUT2D eigenvalue weighted by molar-refractivity contribution is 6.32. The number of halogens is 1. The topological polar surface area (TPSA) is 95.5 Å². The van der Waals surface area contributed by atoms with Crippen molar-refractivity contribution in [1.29, 1.82) is 0 Å². The molecule has 2 aromatic rings. The summed E-state index contributed by atoms with van der Waals surface area (Å²) in [4.78, 5) is 35.5. The van der Waals surface area contributed by atoms with Crippen molar-refractivity contribution in [3.05, 3.63) is 82.1 Å². The van der Waals surface area contributed by atoms with Crippen molar-refractivity contribution < 1.29 is 19.5 Å². The van der Waals surface area contributed by atoms with E-state index in [1.54, 1.807) is 48.5 Å². The smallest absolute Gasteiger partial charge is 0.352 e. The summed E-state index contributed by atoms with van der Waals surface area (Å²) in [6.07, 6.45) is 2.70. The number of carboxylic acid groups (broad SMARTS) is 1. The zero-order valence-corrected chi connectivity index (χ0v) is 15.2. The average molecular weight is 385 g/mol. The van der Waals surface area contributed by atoms with Gasteiger partial charge in [0.05, 0.1) is 0 Å². The summed E-state index contributed by atoms with van der Waals surface area (Å²) < 4.78 is 0. The van der Waals surface area contributed by atoms with Crippen LogP contribution < -0.4 is 10.6 Å². The summed E-state index contributed by atoms with van der Waals surface area (Å²) in [5, 5.41) is 14.4. The average Bonchev–Trinajstić information content (AvgIpc) is 2.62. The quantitative estimate of drug-likeness (QED) is 0.667. The highest BCUT2D eigenvalue weighted by atomic mass is 35.5. The van der Waals surface area contributed by atoms with E-state index in [1.807, 2.05) is 6.07 Å². The molecule has 3 N–H and O–H groups in total. The Morgan fingerprint density at radius 2 is 1.52 bits per heavy atom. The van der Waals surface area contributed by atoms with E-state index in [9.17, 15) is 19.5 Å². The molecule has 0 aliphatic rings. The second-order valence-corrected chi connectivity index (χ2v) is 5.90. The lowest BCUT2D eigenvalue weighted by Gasteiger charge is -2.11. The molecule has 0 atom stereocenters. The number of aliphatic carboxylic acids is 1. The molecule has 2 aromatic carbocycles. The standard InChI is InChI=1S/C20H17ClN2O4/c1-13(24)22-17(11-14-7-3-2-4-8-14)19(25)23-18(20(26)27)12-15-9-5-6-10-16(15)21/h2-12H,1H3,(H,22,24)(H,23,25)(H,26,27). The van der Waals surface area contributed by atoms with Gasteiger partial charge in [-0.2, -0.15) is 0 Å². The van der Waals surface area contributed by atoms with E-state index in [-0.39, 0.29) is 11.4 Å². The molecule has 0 aliphatic carbocycles. The van der Waals surface area contributed by atoms with Crippen LogP contribution in [0.2, 0.25) is 5.02 Å². The van der Waals surface area contributed by atoms with Gasteiger partial charge in [0.25, 0.3) is 5.91 Å². The Morgan fingerprint density at radius 3 is 2.11 bits per heavy atom. The van der Waals surface area contributed by atoms with Crippen LogP contribution in [0.25, 0.3) is 12.2 Å². The van der Waals surface area contributed by atoms with Crippen molar-refractivity contribution in [2.45, 2.75) is 6.92 Å². The number of amides is 2. The van der Waals surface area contributed by atoms with Gasteiger partial charge in [-0.3, -0.25) is 9.59 Å². The molecule has 0 heterocycles. The molecule has 6 nitrogen and oxygen atoms in total. The number of carbonyl (C=O) groups is 3. The predicted octanol–water partition coefficient (Wildman–Crippen LogP) is 3.06. The highest BCUT2D eigenvalue weighted by Gasteiger charge is 2.17. The Kier molecular flexibility index (Phi) is 6.91. The maximum atomic E-state index is 12.5. The molecule has 0 radical (unpaired) electrons. The van der Waals surface area contributed by atoms with Crippen LogP contribution >= 0.6 is 11.6 Å². The van der Waals surface area contributed by atoms with Gasteiger partial charge in [-0.05, 0) is 29.3 Å². The minimum atomic E-state index is -1.34. The molecule has 0 bridgehead atoms. The third-order valence-corrected chi connectivity index (χ3v) is 3.69. The molecule has 138 valence electrons. The number of carbonyl (C=O) groups excluding carboxylic acids is 2. The predicted molar refractivity (Wildman–Crippen MR) is 103 cm³/mol. The molecule has 2 amide bonds. The van der Waals surface area contributed by atoms with Crippen LogP contribution in [0, 0.1) is 0 Å². The van der Waals surface area contributed by atoms with Crippen molar-refractivity contribution in [2.75, 3.05) is 0 Å². The lowest BCUT2D eigenvalue weighted by Crippen LogP contribution is -2.35. The number of nitrogens with one attached hydrogen (secondary N) is 2. The second-order valence-electron chi connectivity index (χ2n) is 5.49. The van der Waals surface area contributed by atoms with Gasteiger partial charge < -0.3 is 15.7 Å². The number of benzene rings is 2. The molecule has 7 heteroatoms. The molecular weight excluding hydrogens is 368 g/mol. The maximum Gasteiger partial charge on any atom is 0.352 e. The van der Waals surface area contributed by atoms with Crippen molar-refractivity contribution in [2.24, 2.45) is 0 Å². The number of rotatable bonds is 6. The zero-order valence-electron chi connectivity index (χ0n) is 14.4. The molecule has 0 spiro atoms. The van der Waals surface area contributed by atoms with Gasteiger partial charge in [-0.25, -0.2) is 4.79 Å². The maximum absolute atomic E-state index is 12.5. The van der Waals surface area contributed by atoms with Crippen molar-refractivity contribution in [3.63, 3.8) is 0 Å². The summed E-state index contributed by atoms with van der Waals surface area (Å²) in [6.45, 7) is 1.25. The minimum absolute atomic E-state index is 0.0833. The first-order chi connectivity index (χ1) is 12.9. The molecule has 0 saturated carbocycles. The van der Waals surface area contributed by atoms with Gasteiger partial charge in [-0.1, -0.05) is 60.1 Å². The molecule has 0 unspecified atom stereocenters. The largest absolute Gasteiger partial charge is 0.477 e. The second kappa shape index (κ2) is 9.35. The number of hydrogen-bond donors (Lipinski definition) is 3. The van der Waals surface area contributed by atoms with E-state index in [4.69, 9.17) is 11.6 Å².